The van der Waals surface area contributed by atoms with Crippen LogP contribution in [-0.4, -0.2) is 35.6 Å². The molecule has 2 atom stereocenters. The van der Waals surface area contributed by atoms with Gasteiger partial charge >= 0.3 is 12.7 Å². The second-order valence-corrected chi connectivity index (χ2v) is 5.37. The lowest BCUT2D eigenvalue weighted by molar-refractivity contribution is -0.0537. The number of aliphatic hydroxyl groups is 2. The smallest absolute Gasteiger partial charge is 0.407 e. The average molecular weight is 367 g/mol. The molecular formula is C18H19F2NO5. The SMILES string of the molecule is O=C(NCC(O)C(O)c1ccccc1OC(F)F)OCc1ccccc1. The maximum atomic E-state index is 12.4. The summed E-state index contributed by atoms with van der Waals surface area (Å²) in [5, 5.41) is 22.4. The topological polar surface area (TPSA) is 88.0 Å². The van der Waals surface area contributed by atoms with Crippen molar-refractivity contribution >= 4 is 6.09 Å². The molecule has 2 rings (SSSR count). The fourth-order valence-corrected chi connectivity index (χ4v) is 2.21. The first-order valence-corrected chi connectivity index (χ1v) is 7.81. The summed E-state index contributed by atoms with van der Waals surface area (Å²) in [6, 6.07) is 14.6. The number of hydrogen-bond donors (Lipinski definition) is 3. The molecule has 26 heavy (non-hydrogen) atoms. The number of rotatable bonds is 8. The van der Waals surface area contributed by atoms with Crippen LogP contribution in [0.4, 0.5) is 13.6 Å². The maximum absolute atomic E-state index is 12.4. The summed E-state index contributed by atoms with van der Waals surface area (Å²) in [5.41, 5.74) is 0.779. The number of hydrogen-bond acceptors (Lipinski definition) is 5. The molecule has 2 aromatic carbocycles. The van der Waals surface area contributed by atoms with E-state index in [2.05, 4.69) is 10.1 Å². The zero-order valence-electron chi connectivity index (χ0n) is 13.7. The van der Waals surface area contributed by atoms with Crippen LogP contribution >= 0.6 is 0 Å². The second-order valence-electron chi connectivity index (χ2n) is 5.37. The Balaban J connectivity index is 1.85. The minimum atomic E-state index is -3.06. The molecule has 1 amide bonds. The molecule has 0 bridgehead atoms. The van der Waals surface area contributed by atoms with Gasteiger partial charge in [-0.1, -0.05) is 48.5 Å². The monoisotopic (exact) mass is 367 g/mol. The molecule has 0 aliphatic heterocycles. The molecule has 0 radical (unpaired) electrons. The van der Waals surface area contributed by atoms with Crippen molar-refractivity contribution in [3.05, 3.63) is 65.7 Å². The highest BCUT2D eigenvalue weighted by molar-refractivity contribution is 5.67. The Kier molecular flexibility index (Phi) is 7.31. The molecule has 0 heterocycles. The van der Waals surface area contributed by atoms with Gasteiger partial charge < -0.3 is 25.0 Å². The van der Waals surface area contributed by atoms with Crippen molar-refractivity contribution in [1.29, 1.82) is 0 Å². The van der Waals surface area contributed by atoms with Gasteiger partial charge in [0, 0.05) is 12.1 Å². The summed E-state index contributed by atoms with van der Waals surface area (Å²) in [6.07, 6.45) is -3.75. The quantitative estimate of drug-likeness (QED) is 0.668. The molecule has 8 heteroatoms. The van der Waals surface area contributed by atoms with Gasteiger partial charge in [0.15, 0.2) is 0 Å². The number of alkyl carbamates (subject to hydrolysis) is 1. The molecule has 3 N–H and O–H groups in total. The summed E-state index contributed by atoms with van der Waals surface area (Å²) in [7, 11) is 0. The Morgan fingerprint density at radius 3 is 2.38 bits per heavy atom. The van der Waals surface area contributed by atoms with E-state index in [1.165, 1.54) is 24.3 Å². The summed E-state index contributed by atoms with van der Waals surface area (Å²) in [5.74, 6) is -0.249. The highest BCUT2D eigenvalue weighted by atomic mass is 19.3. The van der Waals surface area contributed by atoms with Gasteiger partial charge in [0.2, 0.25) is 0 Å². The molecule has 2 aromatic rings. The van der Waals surface area contributed by atoms with Gasteiger partial charge in [-0.15, -0.1) is 0 Å². The van der Waals surface area contributed by atoms with E-state index in [0.29, 0.717) is 0 Å². The van der Waals surface area contributed by atoms with Gasteiger partial charge in [-0.3, -0.25) is 0 Å². The van der Waals surface area contributed by atoms with E-state index in [1.54, 1.807) is 24.3 Å². The zero-order valence-corrected chi connectivity index (χ0v) is 13.7. The Bertz CT molecular complexity index is 699. The lowest BCUT2D eigenvalue weighted by atomic mass is 10.0. The molecule has 0 aliphatic rings. The number of ether oxygens (including phenoxy) is 2. The largest absolute Gasteiger partial charge is 0.445 e. The Labute approximate surface area is 149 Å². The van der Waals surface area contributed by atoms with Crippen LogP contribution in [-0.2, 0) is 11.3 Å². The van der Waals surface area contributed by atoms with E-state index >= 15 is 0 Å². The fraction of sp³-hybridized carbons (Fsp3) is 0.278. The number of amides is 1. The molecule has 140 valence electrons. The van der Waals surface area contributed by atoms with E-state index < -0.39 is 24.9 Å². The lowest BCUT2D eigenvalue weighted by Gasteiger charge is -2.21. The van der Waals surface area contributed by atoms with Crippen LogP contribution in [0, 0.1) is 0 Å². The molecule has 6 nitrogen and oxygen atoms in total. The van der Waals surface area contributed by atoms with Crippen LogP contribution in [0.15, 0.2) is 54.6 Å². The number of para-hydroxylation sites is 1. The lowest BCUT2D eigenvalue weighted by Crippen LogP contribution is -2.36. The third kappa shape index (κ3) is 5.98. The summed E-state index contributed by atoms with van der Waals surface area (Å²) in [4.78, 5) is 11.6. The first kappa shape index (κ1) is 19.6. The number of carbonyl (C=O) groups excluding carboxylic acids is 1. The van der Waals surface area contributed by atoms with Crippen molar-refractivity contribution in [3.8, 4) is 5.75 Å². The van der Waals surface area contributed by atoms with Crippen molar-refractivity contribution in [3.63, 3.8) is 0 Å². The van der Waals surface area contributed by atoms with Gasteiger partial charge in [0.1, 0.15) is 24.6 Å². The van der Waals surface area contributed by atoms with E-state index in [0.717, 1.165) is 5.56 Å². The van der Waals surface area contributed by atoms with Crippen molar-refractivity contribution in [2.75, 3.05) is 6.54 Å². The van der Waals surface area contributed by atoms with E-state index in [4.69, 9.17) is 4.74 Å². The predicted molar refractivity (Wildman–Crippen MR) is 88.7 cm³/mol. The Morgan fingerprint density at radius 2 is 1.69 bits per heavy atom. The highest BCUT2D eigenvalue weighted by Gasteiger charge is 2.23. The Hall–Kier alpha value is -2.71. The van der Waals surface area contributed by atoms with Crippen molar-refractivity contribution in [2.45, 2.75) is 25.4 Å². The van der Waals surface area contributed by atoms with E-state index in [1.807, 2.05) is 6.07 Å². The van der Waals surface area contributed by atoms with Crippen LogP contribution in [0.2, 0.25) is 0 Å². The average Bonchev–Trinajstić information content (AvgIpc) is 2.64. The second kappa shape index (κ2) is 9.69. The first-order chi connectivity index (χ1) is 12.5. The van der Waals surface area contributed by atoms with Crippen molar-refractivity contribution in [2.24, 2.45) is 0 Å². The fourth-order valence-electron chi connectivity index (χ4n) is 2.21. The molecular weight excluding hydrogens is 348 g/mol. The number of alkyl halides is 2. The molecule has 0 aliphatic carbocycles. The standard InChI is InChI=1S/C18H19F2NO5/c19-17(20)26-15-9-5-4-8-13(15)16(23)14(22)10-21-18(24)25-11-12-6-2-1-3-7-12/h1-9,14,16-17,22-23H,10-11H2,(H,21,24). The summed E-state index contributed by atoms with van der Waals surface area (Å²) in [6.45, 7) is -3.35. The summed E-state index contributed by atoms with van der Waals surface area (Å²) >= 11 is 0. The molecule has 2 unspecified atom stereocenters. The van der Waals surface area contributed by atoms with E-state index in [9.17, 15) is 23.8 Å². The van der Waals surface area contributed by atoms with Crippen LogP contribution in [0.5, 0.6) is 5.75 Å². The zero-order chi connectivity index (χ0) is 18.9. The molecule has 0 fully saturated rings. The van der Waals surface area contributed by atoms with E-state index in [-0.39, 0.29) is 24.5 Å². The minimum Gasteiger partial charge on any atom is -0.445 e. The normalized spacial score (nSPS) is 13.1. The van der Waals surface area contributed by atoms with Gasteiger partial charge in [0.05, 0.1) is 0 Å². The highest BCUT2D eigenvalue weighted by Crippen LogP contribution is 2.28. The number of benzene rings is 2. The van der Waals surface area contributed by atoms with Crippen molar-refractivity contribution in [1.82, 2.24) is 5.32 Å². The third-order valence-corrected chi connectivity index (χ3v) is 3.49. The van der Waals surface area contributed by atoms with Crippen LogP contribution in [0.3, 0.4) is 0 Å². The van der Waals surface area contributed by atoms with Crippen molar-refractivity contribution < 1.29 is 33.3 Å². The van der Waals surface area contributed by atoms with Crippen LogP contribution in [0.25, 0.3) is 0 Å². The number of aliphatic hydroxyl groups excluding tert-OH is 2. The molecule has 0 spiro atoms. The van der Waals surface area contributed by atoms with Gasteiger partial charge in [0.25, 0.3) is 0 Å². The number of nitrogens with one attached hydrogen (secondary N) is 1. The summed E-state index contributed by atoms with van der Waals surface area (Å²) < 4.78 is 34.1. The maximum Gasteiger partial charge on any atom is 0.407 e. The minimum absolute atomic E-state index is 0.0141. The van der Waals surface area contributed by atoms with Gasteiger partial charge in [-0.25, -0.2) is 4.79 Å². The molecule has 0 saturated heterocycles. The Morgan fingerprint density at radius 1 is 1.04 bits per heavy atom. The van der Waals surface area contributed by atoms with Crippen LogP contribution < -0.4 is 10.1 Å². The number of carbonyl (C=O) groups is 1. The third-order valence-electron chi connectivity index (χ3n) is 3.49. The molecule has 0 saturated carbocycles. The number of halogens is 2. The van der Waals surface area contributed by atoms with Gasteiger partial charge in [-0.2, -0.15) is 8.78 Å². The van der Waals surface area contributed by atoms with Gasteiger partial charge in [-0.05, 0) is 11.6 Å². The first-order valence-electron chi connectivity index (χ1n) is 7.81. The predicted octanol–water partition coefficient (Wildman–Crippen LogP) is 2.61. The van der Waals surface area contributed by atoms with Crippen LogP contribution in [0.1, 0.15) is 17.2 Å². The molecule has 0 aromatic heterocycles.